The van der Waals surface area contributed by atoms with Gasteiger partial charge in [0, 0.05) is 48.6 Å². The van der Waals surface area contributed by atoms with Crippen LogP contribution in [0.15, 0.2) is 53.9 Å². The van der Waals surface area contributed by atoms with E-state index < -0.39 is 0 Å². The molecule has 3 aromatic rings. The Morgan fingerprint density at radius 2 is 2.06 bits per heavy atom. The molecule has 0 saturated carbocycles. The monoisotopic (exact) mass is 435 g/mol. The van der Waals surface area contributed by atoms with Crippen LogP contribution in [0.4, 0.5) is 5.69 Å². The highest BCUT2D eigenvalue weighted by Gasteiger charge is 2.35. The maximum absolute atomic E-state index is 12.6. The Hall–Kier alpha value is -3.19. The molecule has 0 radical (unpaired) electrons. The number of thiazole rings is 1. The molecule has 1 saturated heterocycles. The Kier molecular flexibility index (Phi) is 6.32. The van der Waals surface area contributed by atoms with E-state index in [9.17, 15) is 9.59 Å². The number of aryl methyl sites for hydroxylation is 1. The van der Waals surface area contributed by atoms with Gasteiger partial charge in [-0.2, -0.15) is 0 Å². The zero-order valence-electron chi connectivity index (χ0n) is 17.6. The number of amides is 2. The number of benzene rings is 2. The van der Waals surface area contributed by atoms with Gasteiger partial charge in [-0.15, -0.1) is 11.3 Å². The van der Waals surface area contributed by atoms with Crippen molar-refractivity contribution in [3.05, 3.63) is 65.2 Å². The molecular weight excluding hydrogens is 410 g/mol. The third kappa shape index (κ3) is 4.94. The molecule has 2 aromatic carbocycles. The molecule has 1 fully saturated rings. The molecule has 1 aromatic heterocycles. The summed E-state index contributed by atoms with van der Waals surface area (Å²) in [4.78, 5) is 31.4. The maximum Gasteiger partial charge on any atom is 0.227 e. The minimum atomic E-state index is -0.350. The van der Waals surface area contributed by atoms with Crippen LogP contribution in [0.5, 0.6) is 5.75 Å². The summed E-state index contributed by atoms with van der Waals surface area (Å²) in [5.74, 6) is 0.201. The lowest BCUT2D eigenvalue weighted by molar-refractivity contribution is -0.126. The van der Waals surface area contributed by atoms with Gasteiger partial charge in [0.05, 0.1) is 18.7 Å². The highest BCUT2D eigenvalue weighted by molar-refractivity contribution is 7.13. The number of methoxy groups -OCH3 is 1. The second-order valence-electron chi connectivity index (χ2n) is 7.66. The first-order chi connectivity index (χ1) is 15.0. The van der Waals surface area contributed by atoms with Crippen molar-refractivity contribution in [3.63, 3.8) is 0 Å². The smallest absolute Gasteiger partial charge is 0.227 e. The molecule has 0 bridgehead atoms. The number of rotatable bonds is 7. The zero-order valence-corrected chi connectivity index (χ0v) is 18.4. The molecule has 4 rings (SSSR count). The molecular formula is C24H25N3O3S. The van der Waals surface area contributed by atoms with Crippen LogP contribution in [-0.2, 0) is 16.0 Å². The Morgan fingerprint density at radius 3 is 2.84 bits per heavy atom. The van der Waals surface area contributed by atoms with E-state index in [1.807, 2.05) is 29.6 Å². The molecule has 2 amide bonds. The second-order valence-corrected chi connectivity index (χ2v) is 8.52. The van der Waals surface area contributed by atoms with Crippen LogP contribution in [0.3, 0.4) is 0 Å². The van der Waals surface area contributed by atoms with E-state index >= 15 is 0 Å². The lowest BCUT2D eigenvalue weighted by Gasteiger charge is -2.17. The number of ether oxygens (including phenoxy) is 1. The first-order valence-corrected chi connectivity index (χ1v) is 11.1. The number of carbonyl (C=O) groups excluding carboxylic acids is 2. The van der Waals surface area contributed by atoms with Crippen LogP contribution < -0.4 is 15.0 Å². The zero-order chi connectivity index (χ0) is 21.8. The SMILES string of the molecule is COc1cccc(N2CC(C(=O)NCCc3csc(-c4ccc(C)cc4)n3)CC2=O)c1. The van der Waals surface area contributed by atoms with Gasteiger partial charge in [0.1, 0.15) is 10.8 Å². The Morgan fingerprint density at radius 1 is 1.26 bits per heavy atom. The number of nitrogens with one attached hydrogen (secondary N) is 1. The van der Waals surface area contributed by atoms with Gasteiger partial charge in [0.25, 0.3) is 0 Å². The molecule has 7 heteroatoms. The summed E-state index contributed by atoms with van der Waals surface area (Å²) in [6.07, 6.45) is 0.881. The fourth-order valence-electron chi connectivity index (χ4n) is 3.62. The van der Waals surface area contributed by atoms with E-state index in [1.165, 1.54) is 5.56 Å². The van der Waals surface area contributed by atoms with E-state index in [0.29, 0.717) is 25.3 Å². The van der Waals surface area contributed by atoms with Gasteiger partial charge >= 0.3 is 0 Å². The van der Waals surface area contributed by atoms with Crippen LogP contribution in [0, 0.1) is 12.8 Å². The highest BCUT2D eigenvalue weighted by atomic mass is 32.1. The summed E-state index contributed by atoms with van der Waals surface area (Å²) >= 11 is 1.61. The number of hydrogen-bond acceptors (Lipinski definition) is 5. The van der Waals surface area contributed by atoms with E-state index in [4.69, 9.17) is 4.74 Å². The van der Waals surface area contributed by atoms with Gasteiger partial charge in [-0.05, 0) is 19.1 Å². The van der Waals surface area contributed by atoms with Gasteiger partial charge in [-0.3, -0.25) is 9.59 Å². The minimum Gasteiger partial charge on any atom is -0.497 e. The van der Waals surface area contributed by atoms with Crippen LogP contribution >= 0.6 is 11.3 Å². The average Bonchev–Trinajstić information content (AvgIpc) is 3.41. The molecule has 160 valence electrons. The van der Waals surface area contributed by atoms with Crippen molar-refractivity contribution in [2.24, 2.45) is 5.92 Å². The first kappa shape index (κ1) is 21.1. The predicted octanol–water partition coefficient (Wildman–Crippen LogP) is 3.84. The third-order valence-electron chi connectivity index (χ3n) is 5.39. The molecule has 31 heavy (non-hydrogen) atoms. The fraction of sp³-hybridized carbons (Fsp3) is 0.292. The summed E-state index contributed by atoms with van der Waals surface area (Å²) in [6.45, 7) is 2.94. The van der Waals surface area contributed by atoms with Crippen molar-refractivity contribution in [2.75, 3.05) is 25.1 Å². The van der Waals surface area contributed by atoms with Crippen molar-refractivity contribution in [3.8, 4) is 16.3 Å². The third-order valence-corrected chi connectivity index (χ3v) is 6.33. The quantitative estimate of drug-likeness (QED) is 0.612. The van der Waals surface area contributed by atoms with E-state index in [2.05, 4.69) is 41.5 Å². The van der Waals surface area contributed by atoms with Crippen molar-refractivity contribution >= 4 is 28.8 Å². The summed E-state index contributed by atoms with van der Waals surface area (Å²) in [7, 11) is 1.59. The molecule has 1 aliphatic rings. The largest absolute Gasteiger partial charge is 0.497 e. The number of nitrogens with zero attached hydrogens (tertiary/aromatic N) is 2. The van der Waals surface area contributed by atoms with Crippen LogP contribution in [0.25, 0.3) is 10.6 Å². The summed E-state index contributed by atoms with van der Waals surface area (Å²) in [5, 5.41) is 5.98. The maximum atomic E-state index is 12.6. The Labute approximate surface area is 185 Å². The highest BCUT2D eigenvalue weighted by Crippen LogP contribution is 2.28. The molecule has 1 aliphatic heterocycles. The predicted molar refractivity (Wildman–Crippen MR) is 122 cm³/mol. The molecule has 1 N–H and O–H groups in total. The molecule has 0 spiro atoms. The summed E-state index contributed by atoms with van der Waals surface area (Å²) in [6, 6.07) is 15.6. The number of anilines is 1. The van der Waals surface area contributed by atoms with E-state index in [-0.39, 0.29) is 24.2 Å². The molecule has 1 unspecified atom stereocenters. The fourth-order valence-corrected chi connectivity index (χ4v) is 4.48. The van der Waals surface area contributed by atoms with Crippen LogP contribution in [0.1, 0.15) is 17.7 Å². The standard InChI is InChI=1S/C24H25N3O3S/c1-16-6-8-17(9-7-16)24-26-19(15-31-24)10-11-25-23(29)18-12-22(28)27(14-18)20-4-3-5-21(13-20)30-2/h3-9,13,15,18H,10-12,14H2,1-2H3,(H,25,29). The number of hydrogen-bond donors (Lipinski definition) is 1. The number of carbonyl (C=O) groups is 2. The Bertz CT molecular complexity index is 1080. The van der Waals surface area contributed by atoms with E-state index in [0.717, 1.165) is 22.0 Å². The topological polar surface area (TPSA) is 71.5 Å². The molecule has 1 atom stereocenters. The van der Waals surface area contributed by atoms with Gasteiger partial charge in [-0.1, -0.05) is 35.9 Å². The first-order valence-electron chi connectivity index (χ1n) is 10.3. The summed E-state index contributed by atoms with van der Waals surface area (Å²) in [5.41, 5.74) is 4.04. The van der Waals surface area contributed by atoms with Crippen molar-refractivity contribution in [1.29, 1.82) is 0 Å². The van der Waals surface area contributed by atoms with Gasteiger partial charge < -0.3 is 15.0 Å². The van der Waals surface area contributed by atoms with Crippen LogP contribution in [-0.4, -0.2) is 37.0 Å². The lowest BCUT2D eigenvalue weighted by Crippen LogP contribution is -2.34. The normalized spacial score (nSPS) is 15.9. The van der Waals surface area contributed by atoms with Gasteiger partial charge in [-0.25, -0.2) is 4.98 Å². The van der Waals surface area contributed by atoms with E-state index in [1.54, 1.807) is 23.3 Å². The van der Waals surface area contributed by atoms with Crippen molar-refractivity contribution in [2.45, 2.75) is 19.8 Å². The molecule has 2 heterocycles. The second kappa shape index (κ2) is 9.31. The summed E-state index contributed by atoms with van der Waals surface area (Å²) < 4.78 is 5.23. The van der Waals surface area contributed by atoms with Crippen molar-refractivity contribution in [1.82, 2.24) is 10.3 Å². The van der Waals surface area contributed by atoms with Gasteiger partial charge in [0.2, 0.25) is 11.8 Å². The lowest BCUT2D eigenvalue weighted by atomic mass is 10.1. The minimum absolute atomic E-state index is 0.0457. The Balaban J connectivity index is 1.29. The van der Waals surface area contributed by atoms with Gasteiger partial charge in [0.15, 0.2) is 0 Å². The molecule has 6 nitrogen and oxygen atoms in total. The van der Waals surface area contributed by atoms with Crippen LogP contribution in [0.2, 0.25) is 0 Å². The molecule has 0 aliphatic carbocycles. The van der Waals surface area contributed by atoms with Crippen molar-refractivity contribution < 1.29 is 14.3 Å². The average molecular weight is 436 g/mol. The number of aromatic nitrogens is 1.